The largest absolute Gasteiger partial charge is 0.480 e. The van der Waals surface area contributed by atoms with Gasteiger partial charge in [-0.15, -0.1) is 11.3 Å². The minimum absolute atomic E-state index is 0.164. The molecule has 0 fully saturated rings. The molecule has 1 heterocycles. The normalized spacial score (nSPS) is 12.1. The van der Waals surface area contributed by atoms with Crippen molar-refractivity contribution in [3.8, 4) is 0 Å². The molecule has 8 heteroatoms. The van der Waals surface area contributed by atoms with E-state index in [1.165, 1.54) is 16.2 Å². The topological polar surface area (TPSA) is 113 Å². The monoisotopic (exact) mass is 299 g/mol. The number of rotatable bonds is 8. The van der Waals surface area contributed by atoms with E-state index in [0.717, 1.165) is 4.88 Å². The standard InChI is InChI=1S/C12H17N3O4S/c1-8(9-3-2-4-20-9)14-11(17)6-15(5-10(13)16)7-12(18)19/h2-4,8H,5-7H2,1H3,(H2,13,16)(H,14,17)(H,18,19). The number of carbonyl (C=O) groups excluding carboxylic acids is 2. The summed E-state index contributed by atoms with van der Waals surface area (Å²) in [5, 5.41) is 13.4. The zero-order valence-corrected chi connectivity index (χ0v) is 11.9. The van der Waals surface area contributed by atoms with Gasteiger partial charge in [-0.25, -0.2) is 0 Å². The Bertz CT molecular complexity index is 459. The molecule has 0 saturated heterocycles. The Morgan fingerprint density at radius 3 is 2.60 bits per heavy atom. The van der Waals surface area contributed by atoms with Gasteiger partial charge in [0.2, 0.25) is 11.8 Å². The maximum Gasteiger partial charge on any atom is 0.317 e. The summed E-state index contributed by atoms with van der Waals surface area (Å²) >= 11 is 1.52. The van der Waals surface area contributed by atoms with Crippen LogP contribution in [0.1, 0.15) is 17.8 Å². The van der Waals surface area contributed by atoms with Crippen LogP contribution in [-0.2, 0) is 14.4 Å². The van der Waals surface area contributed by atoms with Gasteiger partial charge in [0.05, 0.1) is 25.7 Å². The fraction of sp³-hybridized carbons (Fsp3) is 0.417. The zero-order chi connectivity index (χ0) is 15.1. The molecule has 0 radical (unpaired) electrons. The first kappa shape index (κ1) is 16.1. The van der Waals surface area contributed by atoms with Gasteiger partial charge in [0.25, 0.3) is 0 Å². The van der Waals surface area contributed by atoms with Gasteiger partial charge in [-0.3, -0.25) is 19.3 Å². The van der Waals surface area contributed by atoms with Crippen LogP contribution in [0.4, 0.5) is 0 Å². The van der Waals surface area contributed by atoms with Crippen molar-refractivity contribution in [2.75, 3.05) is 19.6 Å². The molecule has 1 rings (SSSR count). The minimum Gasteiger partial charge on any atom is -0.480 e. The molecule has 110 valence electrons. The van der Waals surface area contributed by atoms with Crippen molar-refractivity contribution in [1.29, 1.82) is 0 Å². The van der Waals surface area contributed by atoms with E-state index in [1.807, 2.05) is 24.4 Å². The lowest BCUT2D eigenvalue weighted by atomic mass is 10.2. The summed E-state index contributed by atoms with van der Waals surface area (Å²) in [6, 6.07) is 3.61. The molecular weight excluding hydrogens is 282 g/mol. The summed E-state index contributed by atoms with van der Waals surface area (Å²) in [4.78, 5) is 35.5. The first-order chi connectivity index (χ1) is 9.38. The molecule has 0 aliphatic heterocycles. The lowest BCUT2D eigenvalue weighted by Crippen LogP contribution is -2.44. The summed E-state index contributed by atoms with van der Waals surface area (Å²) < 4.78 is 0. The van der Waals surface area contributed by atoms with Gasteiger partial charge >= 0.3 is 5.97 Å². The minimum atomic E-state index is -1.12. The van der Waals surface area contributed by atoms with Crippen molar-refractivity contribution < 1.29 is 19.5 Å². The Hall–Kier alpha value is -1.93. The van der Waals surface area contributed by atoms with Crippen LogP contribution in [0.5, 0.6) is 0 Å². The predicted octanol–water partition coefficient (Wildman–Crippen LogP) is -0.203. The maximum atomic E-state index is 11.8. The third-order valence-corrected chi connectivity index (χ3v) is 3.51. The van der Waals surface area contributed by atoms with E-state index in [9.17, 15) is 14.4 Å². The third-order valence-electron chi connectivity index (χ3n) is 2.45. The van der Waals surface area contributed by atoms with Crippen molar-refractivity contribution in [1.82, 2.24) is 10.2 Å². The summed E-state index contributed by atoms with van der Waals surface area (Å²) in [6.45, 7) is 0.959. The van der Waals surface area contributed by atoms with Crippen LogP contribution in [0.2, 0.25) is 0 Å². The van der Waals surface area contributed by atoms with Gasteiger partial charge in [0, 0.05) is 4.88 Å². The molecule has 0 saturated carbocycles. The summed E-state index contributed by atoms with van der Waals surface area (Å²) in [5.74, 6) is -2.15. The average Bonchev–Trinajstić information content (AvgIpc) is 2.79. The number of hydrogen-bond donors (Lipinski definition) is 3. The van der Waals surface area contributed by atoms with Gasteiger partial charge in [-0.2, -0.15) is 0 Å². The lowest BCUT2D eigenvalue weighted by molar-refractivity contribution is -0.139. The fourth-order valence-electron chi connectivity index (χ4n) is 1.68. The molecule has 20 heavy (non-hydrogen) atoms. The van der Waals surface area contributed by atoms with E-state index in [1.54, 1.807) is 0 Å². The third kappa shape index (κ3) is 5.81. The summed E-state index contributed by atoms with van der Waals surface area (Å²) in [7, 11) is 0. The highest BCUT2D eigenvalue weighted by Gasteiger charge is 2.17. The molecule has 0 bridgehead atoms. The number of aliphatic carboxylic acids is 1. The Balaban J connectivity index is 2.52. The maximum absolute atomic E-state index is 11.8. The van der Waals surface area contributed by atoms with E-state index in [4.69, 9.17) is 10.8 Å². The Kier molecular flexibility index (Phi) is 6.13. The number of carboxylic acids is 1. The molecule has 0 aliphatic carbocycles. The van der Waals surface area contributed by atoms with Crippen LogP contribution in [0.25, 0.3) is 0 Å². The van der Waals surface area contributed by atoms with Crippen LogP contribution in [0.3, 0.4) is 0 Å². The first-order valence-corrected chi connectivity index (χ1v) is 6.81. The van der Waals surface area contributed by atoms with Crippen molar-refractivity contribution in [3.63, 3.8) is 0 Å². The molecule has 4 N–H and O–H groups in total. The zero-order valence-electron chi connectivity index (χ0n) is 11.0. The second kappa shape index (κ2) is 7.61. The van der Waals surface area contributed by atoms with E-state index < -0.39 is 18.4 Å². The van der Waals surface area contributed by atoms with Crippen LogP contribution in [-0.4, -0.2) is 47.4 Å². The second-order valence-corrected chi connectivity index (χ2v) is 5.29. The van der Waals surface area contributed by atoms with E-state index in [2.05, 4.69) is 5.32 Å². The SMILES string of the molecule is CC(NC(=O)CN(CC(N)=O)CC(=O)O)c1cccs1. The van der Waals surface area contributed by atoms with Crippen molar-refractivity contribution in [2.24, 2.45) is 5.73 Å². The molecule has 0 aliphatic rings. The van der Waals surface area contributed by atoms with Crippen LogP contribution < -0.4 is 11.1 Å². The van der Waals surface area contributed by atoms with Gasteiger partial charge in [-0.1, -0.05) is 6.07 Å². The van der Waals surface area contributed by atoms with Crippen molar-refractivity contribution >= 4 is 29.1 Å². The molecular formula is C12H17N3O4S. The van der Waals surface area contributed by atoms with E-state index in [-0.39, 0.29) is 25.0 Å². The number of primary amides is 1. The van der Waals surface area contributed by atoms with Crippen LogP contribution in [0.15, 0.2) is 17.5 Å². The van der Waals surface area contributed by atoms with Gasteiger partial charge < -0.3 is 16.2 Å². The molecule has 7 nitrogen and oxygen atoms in total. The number of hydrogen-bond acceptors (Lipinski definition) is 5. The quantitative estimate of drug-likeness (QED) is 0.615. The fourth-order valence-corrected chi connectivity index (χ4v) is 2.41. The number of nitrogens with one attached hydrogen (secondary N) is 1. The number of amides is 2. The summed E-state index contributed by atoms with van der Waals surface area (Å²) in [5.41, 5.74) is 5.02. The first-order valence-electron chi connectivity index (χ1n) is 5.93. The highest BCUT2D eigenvalue weighted by Crippen LogP contribution is 2.17. The molecule has 0 spiro atoms. The molecule has 0 aromatic carbocycles. The molecule has 1 aromatic heterocycles. The van der Waals surface area contributed by atoms with Crippen molar-refractivity contribution in [3.05, 3.63) is 22.4 Å². The number of nitrogens with zero attached hydrogens (tertiary/aromatic N) is 1. The average molecular weight is 299 g/mol. The number of carboxylic acid groups (broad SMARTS) is 1. The number of carbonyl (C=O) groups is 3. The molecule has 1 unspecified atom stereocenters. The Morgan fingerprint density at radius 1 is 1.40 bits per heavy atom. The highest BCUT2D eigenvalue weighted by atomic mass is 32.1. The highest BCUT2D eigenvalue weighted by molar-refractivity contribution is 7.10. The number of nitrogens with two attached hydrogens (primary N) is 1. The van der Waals surface area contributed by atoms with Crippen molar-refractivity contribution in [2.45, 2.75) is 13.0 Å². The second-order valence-electron chi connectivity index (χ2n) is 4.31. The Labute approximate surface area is 120 Å². The lowest BCUT2D eigenvalue weighted by Gasteiger charge is -2.19. The van der Waals surface area contributed by atoms with Crippen LogP contribution >= 0.6 is 11.3 Å². The van der Waals surface area contributed by atoms with E-state index >= 15 is 0 Å². The van der Waals surface area contributed by atoms with Gasteiger partial charge in [0.1, 0.15) is 0 Å². The Morgan fingerprint density at radius 2 is 2.10 bits per heavy atom. The van der Waals surface area contributed by atoms with Gasteiger partial charge in [0.15, 0.2) is 0 Å². The number of thiophene rings is 1. The molecule has 2 amide bonds. The summed E-state index contributed by atoms with van der Waals surface area (Å²) in [6.07, 6.45) is 0. The smallest absolute Gasteiger partial charge is 0.317 e. The van der Waals surface area contributed by atoms with Gasteiger partial charge in [-0.05, 0) is 18.4 Å². The van der Waals surface area contributed by atoms with Crippen LogP contribution in [0, 0.1) is 0 Å². The van der Waals surface area contributed by atoms with E-state index in [0.29, 0.717) is 0 Å². The molecule has 1 aromatic rings. The predicted molar refractivity (Wildman–Crippen MR) is 74.1 cm³/mol. The molecule has 1 atom stereocenters.